The zero-order valence-corrected chi connectivity index (χ0v) is 12.8. The minimum absolute atomic E-state index is 0.115. The van der Waals surface area contributed by atoms with Crippen LogP contribution in [0.4, 0.5) is 11.4 Å². The summed E-state index contributed by atoms with van der Waals surface area (Å²) in [4.78, 5) is 15.6. The average Bonchev–Trinajstić information content (AvgIpc) is 3.01. The maximum Gasteiger partial charge on any atom is 0.294 e. The van der Waals surface area contributed by atoms with E-state index in [1.165, 1.54) is 38.4 Å². The molecular formula is C15H20ClN3O2. The largest absolute Gasteiger partial charge is 0.364 e. The normalized spacial score (nSPS) is 23.5. The SMILES string of the molecule is O=[N+]([O-])c1cc(Cl)ccc1N1CCC[C@@H](N2CCCC2)C1. The van der Waals surface area contributed by atoms with Gasteiger partial charge >= 0.3 is 0 Å². The van der Waals surface area contributed by atoms with Crippen LogP contribution in [0.5, 0.6) is 0 Å². The molecule has 2 aliphatic heterocycles. The summed E-state index contributed by atoms with van der Waals surface area (Å²) in [7, 11) is 0. The van der Waals surface area contributed by atoms with Gasteiger partial charge in [0.25, 0.3) is 5.69 Å². The van der Waals surface area contributed by atoms with Gasteiger partial charge < -0.3 is 4.90 Å². The lowest BCUT2D eigenvalue weighted by Crippen LogP contribution is -2.47. The minimum atomic E-state index is -0.333. The van der Waals surface area contributed by atoms with Crippen molar-refractivity contribution < 1.29 is 4.92 Å². The first-order chi connectivity index (χ1) is 10.1. The van der Waals surface area contributed by atoms with E-state index in [-0.39, 0.29) is 10.6 Å². The summed E-state index contributed by atoms with van der Waals surface area (Å²) in [5, 5.41) is 11.7. The maximum absolute atomic E-state index is 11.3. The molecule has 2 heterocycles. The van der Waals surface area contributed by atoms with Crippen LogP contribution in [-0.2, 0) is 0 Å². The molecule has 0 aromatic heterocycles. The first kappa shape index (κ1) is 14.6. The van der Waals surface area contributed by atoms with Crippen LogP contribution in [0.25, 0.3) is 0 Å². The van der Waals surface area contributed by atoms with E-state index < -0.39 is 0 Å². The minimum Gasteiger partial charge on any atom is -0.364 e. The third-order valence-electron chi connectivity index (χ3n) is 4.53. The summed E-state index contributed by atoms with van der Waals surface area (Å²) in [5.74, 6) is 0. The Kier molecular flexibility index (Phi) is 4.31. The van der Waals surface area contributed by atoms with Gasteiger partial charge in [-0.1, -0.05) is 11.6 Å². The van der Waals surface area contributed by atoms with Crippen molar-refractivity contribution in [3.05, 3.63) is 33.3 Å². The lowest BCUT2D eigenvalue weighted by Gasteiger charge is -2.38. The summed E-state index contributed by atoms with van der Waals surface area (Å²) in [5.41, 5.74) is 0.817. The van der Waals surface area contributed by atoms with E-state index >= 15 is 0 Å². The van der Waals surface area contributed by atoms with E-state index in [0.29, 0.717) is 16.8 Å². The van der Waals surface area contributed by atoms with Gasteiger partial charge in [0, 0.05) is 30.2 Å². The highest BCUT2D eigenvalue weighted by atomic mass is 35.5. The van der Waals surface area contributed by atoms with Crippen molar-refractivity contribution in [1.82, 2.24) is 4.90 Å². The predicted molar refractivity (Wildman–Crippen MR) is 84.1 cm³/mol. The van der Waals surface area contributed by atoms with Gasteiger partial charge in [0.05, 0.1) is 4.92 Å². The molecule has 2 fully saturated rings. The predicted octanol–water partition coefficient (Wildman–Crippen LogP) is 3.31. The average molecular weight is 310 g/mol. The Bertz CT molecular complexity index is 532. The number of hydrogen-bond acceptors (Lipinski definition) is 4. The van der Waals surface area contributed by atoms with Gasteiger partial charge in [-0.15, -0.1) is 0 Å². The number of likely N-dealkylation sites (tertiary alicyclic amines) is 1. The fourth-order valence-electron chi connectivity index (χ4n) is 3.49. The van der Waals surface area contributed by atoms with Gasteiger partial charge in [-0.05, 0) is 50.9 Å². The first-order valence-corrected chi connectivity index (χ1v) is 7.96. The number of rotatable bonds is 3. The molecule has 0 N–H and O–H groups in total. The third-order valence-corrected chi connectivity index (χ3v) is 4.76. The van der Waals surface area contributed by atoms with Gasteiger partial charge in [0.15, 0.2) is 0 Å². The highest BCUT2D eigenvalue weighted by molar-refractivity contribution is 6.30. The summed E-state index contributed by atoms with van der Waals surface area (Å²) in [6.07, 6.45) is 4.83. The second kappa shape index (κ2) is 6.20. The van der Waals surface area contributed by atoms with Crippen LogP contribution in [0.2, 0.25) is 5.02 Å². The summed E-state index contributed by atoms with van der Waals surface area (Å²) in [6.45, 7) is 4.09. The highest BCUT2D eigenvalue weighted by Crippen LogP contribution is 2.33. The lowest BCUT2D eigenvalue weighted by molar-refractivity contribution is -0.384. The number of piperidine rings is 1. The zero-order chi connectivity index (χ0) is 14.8. The third kappa shape index (κ3) is 3.14. The van der Waals surface area contributed by atoms with Crippen LogP contribution >= 0.6 is 11.6 Å². The molecule has 0 bridgehead atoms. The molecule has 2 aliphatic rings. The van der Waals surface area contributed by atoms with Gasteiger partial charge in [-0.2, -0.15) is 0 Å². The Labute approximate surface area is 129 Å². The summed E-state index contributed by atoms with van der Waals surface area (Å²) in [6, 6.07) is 5.50. The van der Waals surface area contributed by atoms with Crippen LogP contribution < -0.4 is 4.90 Å². The van der Waals surface area contributed by atoms with Crippen molar-refractivity contribution in [2.45, 2.75) is 31.7 Å². The van der Waals surface area contributed by atoms with Crippen molar-refractivity contribution in [1.29, 1.82) is 0 Å². The number of benzene rings is 1. The number of nitrogens with zero attached hydrogens (tertiary/aromatic N) is 3. The Morgan fingerprint density at radius 3 is 2.67 bits per heavy atom. The number of halogens is 1. The van der Waals surface area contributed by atoms with Crippen molar-refractivity contribution in [3.8, 4) is 0 Å². The Morgan fingerprint density at radius 2 is 1.95 bits per heavy atom. The monoisotopic (exact) mass is 309 g/mol. The molecule has 2 saturated heterocycles. The Hall–Kier alpha value is -1.33. The van der Waals surface area contributed by atoms with Crippen molar-refractivity contribution in [2.24, 2.45) is 0 Å². The molecule has 0 unspecified atom stereocenters. The molecule has 114 valence electrons. The molecule has 1 atom stereocenters. The molecule has 0 saturated carbocycles. The van der Waals surface area contributed by atoms with Gasteiger partial charge in [0.1, 0.15) is 5.69 Å². The molecule has 6 heteroatoms. The van der Waals surface area contributed by atoms with Crippen LogP contribution in [0.1, 0.15) is 25.7 Å². The molecule has 0 aliphatic carbocycles. The number of nitro benzene ring substituents is 1. The van der Waals surface area contributed by atoms with E-state index in [9.17, 15) is 10.1 Å². The molecule has 1 aromatic carbocycles. The fourth-order valence-corrected chi connectivity index (χ4v) is 3.65. The van der Waals surface area contributed by atoms with Crippen molar-refractivity contribution >= 4 is 23.0 Å². The van der Waals surface area contributed by atoms with Crippen LogP contribution in [0, 0.1) is 10.1 Å². The van der Waals surface area contributed by atoms with E-state index in [1.807, 2.05) is 0 Å². The smallest absolute Gasteiger partial charge is 0.294 e. The van der Waals surface area contributed by atoms with Gasteiger partial charge in [-0.25, -0.2) is 0 Å². The lowest BCUT2D eigenvalue weighted by atomic mass is 10.0. The van der Waals surface area contributed by atoms with Gasteiger partial charge in [-0.3, -0.25) is 15.0 Å². The topological polar surface area (TPSA) is 49.6 Å². The highest BCUT2D eigenvalue weighted by Gasteiger charge is 2.29. The quantitative estimate of drug-likeness (QED) is 0.635. The molecule has 0 spiro atoms. The fraction of sp³-hybridized carbons (Fsp3) is 0.600. The first-order valence-electron chi connectivity index (χ1n) is 7.58. The molecular weight excluding hydrogens is 290 g/mol. The Balaban J connectivity index is 1.81. The molecule has 5 nitrogen and oxygen atoms in total. The van der Waals surface area contributed by atoms with E-state index in [1.54, 1.807) is 12.1 Å². The van der Waals surface area contributed by atoms with Crippen LogP contribution in [0.15, 0.2) is 18.2 Å². The van der Waals surface area contributed by atoms with Crippen molar-refractivity contribution in [2.75, 3.05) is 31.1 Å². The van der Waals surface area contributed by atoms with E-state index in [2.05, 4.69) is 9.80 Å². The van der Waals surface area contributed by atoms with Crippen molar-refractivity contribution in [3.63, 3.8) is 0 Å². The number of hydrogen-bond donors (Lipinski definition) is 0. The standard InChI is InChI=1S/C15H20ClN3O2/c16-12-5-6-14(15(10-12)19(20)21)18-9-3-4-13(11-18)17-7-1-2-8-17/h5-6,10,13H,1-4,7-9,11H2/t13-/m1/s1. The Morgan fingerprint density at radius 1 is 1.19 bits per heavy atom. The van der Waals surface area contributed by atoms with Gasteiger partial charge in [0.2, 0.25) is 0 Å². The summed E-state index contributed by atoms with van der Waals surface area (Å²) >= 11 is 5.90. The van der Waals surface area contributed by atoms with Crippen LogP contribution in [0.3, 0.4) is 0 Å². The number of anilines is 1. The van der Waals surface area contributed by atoms with E-state index in [4.69, 9.17) is 11.6 Å². The molecule has 0 amide bonds. The number of nitro groups is 1. The maximum atomic E-state index is 11.3. The molecule has 0 radical (unpaired) electrons. The second-order valence-corrected chi connectivity index (χ2v) is 6.31. The molecule has 21 heavy (non-hydrogen) atoms. The van der Waals surface area contributed by atoms with E-state index in [0.717, 1.165) is 19.5 Å². The van der Waals surface area contributed by atoms with Crippen LogP contribution in [-0.4, -0.2) is 42.0 Å². The zero-order valence-electron chi connectivity index (χ0n) is 12.0. The molecule has 1 aromatic rings. The second-order valence-electron chi connectivity index (χ2n) is 5.88. The summed E-state index contributed by atoms with van der Waals surface area (Å²) < 4.78 is 0. The molecule has 3 rings (SSSR count).